The molecule has 7 heavy (non-hydrogen) atoms. The van der Waals surface area contributed by atoms with Crippen LogP contribution < -0.4 is 0 Å². The van der Waals surface area contributed by atoms with Crippen molar-refractivity contribution < 1.29 is 9.18 Å². The van der Waals surface area contributed by atoms with E-state index in [1.54, 1.807) is 0 Å². The van der Waals surface area contributed by atoms with Crippen molar-refractivity contribution >= 4 is 6.29 Å². The molecule has 0 radical (unpaired) electrons. The van der Waals surface area contributed by atoms with Gasteiger partial charge < -0.3 is 0 Å². The quantitative estimate of drug-likeness (QED) is 0.385. The van der Waals surface area contributed by atoms with Crippen molar-refractivity contribution in [3.05, 3.63) is 12.2 Å². The van der Waals surface area contributed by atoms with Gasteiger partial charge in [-0.25, -0.2) is 0 Å². The summed E-state index contributed by atoms with van der Waals surface area (Å²) >= 11 is 0. The largest absolute Gasteiger partial charge is 0.298 e. The molecule has 0 aromatic heterocycles. The Labute approximate surface area is 41.8 Å². The van der Waals surface area contributed by atoms with E-state index in [4.69, 9.17) is 0 Å². The van der Waals surface area contributed by atoms with Crippen LogP contribution >= 0.6 is 0 Å². The van der Waals surface area contributed by atoms with Crippen LogP contribution in [0.5, 0.6) is 0 Å². The Morgan fingerprint density at radius 1 is 1.86 bits per heavy atom. The Hall–Kier alpha value is -0.660. The molecular formula is C5H7FO. The molecule has 0 spiro atoms. The summed E-state index contributed by atoms with van der Waals surface area (Å²) in [5.41, 5.74) is 0.322. The molecule has 1 nitrogen and oxygen atoms in total. The van der Waals surface area contributed by atoms with Crippen LogP contribution in [0.25, 0.3) is 0 Å². The normalized spacial score (nSPS) is 8.14. The van der Waals surface area contributed by atoms with Gasteiger partial charge in [0.15, 0.2) is 0 Å². The first-order valence-corrected chi connectivity index (χ1v) is 2.00. The van der Waals surface area contributed by atoms with Gasteiger partial charge in [-0.05, 0) is 5.57 Å². The summed E-state index contributed by atoms with van der Waals surface area (Å²) in [7, 11) is 0. The molecule has 0 heterocycles. The predicted octanol–water partition coefficient (Wildman–Crippen LogP) is 1.10. The summed E-state index contributed by atoms with van der Waals surface area (Å²) in [6.45, 7) is 2.77. The van der Waals surface area contributed by atoms with Gasteiger partial charge >= 0.3 is 0 Å². The predicted molar refractivity (Wildman–Crippen MR) is 25.8 cm³/mol. The Bertz CT molecular complexity index is 78.1. The monoisotopic (exact) mass is 102 g/mol. The maximum absolute atomic E-state index is 11.2. The van der Waals surface area contributed by atoms with E-state index in [9.17, 15) is 9.18 Å². The smallest absolute Gasteiger partial charge is 0.145 e. The van der Waals surface area contributed by atoms with E-state index in [2.05, 4.69) is 6.58 Å². The SMILES string of the molecule is C=C(C=O)CCF. The van der Waals surface area contributed by atoms with Gasteiger partial charge in [0.1, 0.15) is 6.29 Å². The Morgan fingerprint density at radius 2 is 2.43 bits per heavy atom. The van der Waals surface area contributed by atoms with Gasteiger partial charge in [0.05, 0.1) is 6.67 Å². The van der Waals surface area contributed by atoms with Gasteiger partial charge in [0, 0.05) is 6.42 Å². The summed E-state index contributed by atoms with van der Waals surface area (Å²) in [5.74, 6) is 0. The molecular weight excluding hydrogens is 95.1 g/mol. The molecule has 0 aliphatic carbocycles. The van der Waals surface area contributed by atoms with Crippen LogP contribution in [0.2, 0.25) is 0 Å². The number of allylic oxidation sites excluding steroid dienone is 1. The Kier molecular flexibility index (Phi) is 3.19. The van der Waals surface area contributed by atoms with Gasteiger partial charge in [-0.15, -0.1) is 0 Å². The second-order valence-corrected chi connectivity index (χ2v) is 1.22. The van der Waals surface area contributed by atoms with Crippen LogP contribution in [-0.2, 0) is 4.79 Å². The van der Waals surface area contributed by atoms with Crippen LogP contribution in [0.1, 0.15) is 6.42 Å². The summed E-state index contributed by atoms with van der Waals surface area (Å²) in [6, 6.07) is 0. The molecule has 0 atom stereocenters. The highest BCUT2D eigenvalue weighted by Crippen LogP contribution is 1.90. The zero-order valence-corrected chi connectivity index (χ0v) is 3.98. The number of carbonyl (C=O) groups is 1. The van der Waals surface area contributed by atoms with Crippen molar-refractivity contribution in [3.8, 4) is 0 Å². The lowest BCUT2D eigenvalue weighted by Crippen LogP contribution is -1.81. The van der Waals surface area contributed by atoms with E-state index in [1.807, 2.05) is 0 Å². The second kappa shape index (κ2) is 3.53. The molecule has 0 aliphatic rings. The minimum atomic E-state index is -0.489. The molecule has 0 N–H and O–H groups in total. The third-order valence-corrected chi connectivity index (χ3v) is 0.582. The lowest BCUT2D eigenvalue weighted by atomic mass is 10.3. The standard InChI is InChI=1S/C5H7FO/c1-5(4-7)2-3-6/h4H,1-3H2. The third-order valence-electron chi connectivity index (χ3n) is 0.582. The van der Waals surface area contributed by atoms with Crippen molar-refractivity contribution in [2.24, 2.45) is 0 Å². The van der Waals surface area contributed by atoms with Crippen molar-refractivity contribution in [3.63, 3.8) is 0 Å². The fourth-order valence-corrected chi connectivity index (χ4v) is 0.180. The van der Waals surface area contributed by atoms with Gasteiger partial charge in [0.25, 0.3) is 0 Å². The number of rotatable bonds is 3. The number of hydrogen-bond acceptors (Lipinski definition) is 1. The lowest BCUT2D eigenvalue weighted by molar-refractivity contribution is -0.105. The molecule has 0 unspecified atom stereocenters. The van der Waals surface area contributed by atoms with Crippen LogP contribution in [-0.4, -0.2) is 13.0 Å². The molecule has 0 amide bonds. The Morgan fingerprint density at radius 3 is 2.57 bits per heavy atom. The van der Waals surface area contributed by atoms with Gasteiger partial charge in [-0.2, -0.15) is 0 Å². The van der Waals surface area contributed by atoms with Crippen LogP contribution in [0.15, 0.2) is 12.2 Å². The van der Waals surface area contributed by atoms with Gasteiger partial charge in [-0.1, -0.05) is 6.58 Å². The maximum atomic E-state index is 11.2. The average Bonchev–Trinajstić information content (AvgIpc) is 1.68. The number of hydrogen-bond donors (Lipinski definition) is 0. The zero-order chi connectivity index (χ0) is 5.70. The average molecular weight is 102 g/mol. The van der Waals surface area contributed by atoms with Crippen LogP contribution in [0.3, 0.4) is 0 Å². The van der Waals surface area contributed by atoms with E-state index in [0.29, 0.717) is 11.9 Å². The maximum Gasteiger partial charge on any atom is 0.145 e. The van der Waals surface area contributed by atoms with E-state index >= 15 is 0 Å². The van der Waals surface area contributed by atoms with Crippen molar-refractivity contribution in [2.75, 3.05) is 6.67 Å². The van der Waals surface area contributed by atoms with E-state index in [0.717, 1.165) is 0 Å². The zero-order valence-electron chi connectivity index (χ0n) is 3.98. The highest BCUT2D eigenvalue weighted by Gasteiger charge is 1.86. The lowest BCUT2D eigenvalue weighted by Gasteiger charge is -1.84. The van der Waals surface area contributed by atoms with Crippen LogP contribution in [0.4, 0.5) is 4.39 Å². The molecule has 0 bridgehead atoms. The number of carbonyl (C=O) groups excluding carboxylic acids is 1. The molecule has 0 saturated heterocycles. The number of aldehydes is 1. The summed E-state index contributed by atoms with van der Waals surface area (Å²) in [5, 5.41) is 0. The molecule has 0 fully saturated rings. The Balaban J connectivity index is 3.17. The van der Waals surface area contributed by atoms with E-state index in [-0.39, 0.29) is 6.42 Å². The van der Waals surface area contributed by atoms with Crippen LogP contribution in [0, 0.1) is 0 Å². The molecule has 0 rings (SSSR count). The van der Waals surface area contributed by atoms with E-state index < -0.39 is 6.67 Å². The molecule has 0 aliphatic heterocycles. The highest BCUT2D eigenvalue weighted by atomic mass is 19.1. The fourth-order valence-electron chi connectivity index (χ4n) is 0.180. The molecule has 2 heteroatoms. The van der Waals surface area contributed by atoms with E-state index in [1.165, 1.54) is 0 Å². The van der Waals surface area contributed by atoms with Gasteiger partial charge in [-0.3, -0.25) is 9.18 Å². The first-order chi connectivity index (χ1) is 3.31. The first-order valence-electron chi connectivity index (χ1n) is 2.00. The third kappa shape index (κ3) is 3.16. The minimum absolute atomic E-state index is 0.170. The van der Waals surface area contributed by atoms with Crippen molar-refractivity contribution in [2.45, 2.75) is 6.42 Å². The molecule has 0 aromatic carbocycles. The molecule has 0 aromatic rings. The van der Waals surface area contributed by atoms with Gasteiger partial charge in [0.2, 0.25) is 0 Å². The molecule has 40 valence electrons. The molecule has 0 saturated carbocycles. The first kappa shape index (κ1) is 6.34. The number of halogens is 1. The topological polar surface area (TPSA) is 17.1 Å². The van der Waals surface area contributed by atoms with Crippen molar-refractivity contribution in [1.82, 2.24) is 0 Å². The highest BCUT2D eigenvalue weighted by molar-refractivity contribution is 5.71. The number of alkyl halides is 1. The fraction of sp³-hybridized carbons (Fsp3) is 0.400. The van der Waals surface area contributed by atoms with Crippen molar-refractivity contribution in [1.29, 1.82) is 0 Å². The second-order valence-electron chi connectivity index (χ2n) is 1.22. The summed E-state index contributed by atoms with van der Waals surface area (Å²) in [4.78, 5) is 9.63. The summed E-state index contributed by atoms with van der Waals surface area (Å²) < 4.78 is 11.2. The minimum Gasteiger partial charge on any atom is -0.298 e. The summed E-state index contributed by atoms with van der Waals surface area (Å²) in [6.07, 6.45) is 0.739.